The molecule has 3 N–H and O–H groups in total. The summed E-state index contributed by atoms with van der Waals surface area (Å²) >= 11 is 0. The summed E-state index contributed by atoms with van der Waals surface area (Å²) in [6.45, 7) is 0. The van der Waals surface area contributed by atoms with Gasteiger partial charge in [-0.2, -0.15) is 13.2 Å². The van der Waals surface area contributed by atoms with Crippen molar-refractivity contribution in [3.8, 4) is 11.1 Å². The maximum Gasteiger partial charge on any atom is 0.416 e. The molecular formula is C13H7F7N2. The third-order valence-corrected chi connectivity index (χ3v) is 2.89. The maximum atomic E-state index is 13.8. The first-order valence-electron chi connectivity index (χ1n) is 5.68. The van der Waals surface area contributed by atoms with Gasteiger partial charge in [-0.25, -0.2) is 17.6 Å². The Balaban J connectivity index is 2.74. The lowest BCUT2D eigenvalue weighted by Crippen LogP contribution is -2.14. The minimum absolute atomic E-state index is 0.385. The molecule has 0 saturated carbocycles. The number of alkyl halides is 3. The minimum Gasteiger partial charge on any atom is -0.319 e. The summed E-state index contributed by atoms with van der Waals surface area (Å²) in [6.07, 6.45) is -4.78. The van der Waals surface area contributed by atoms with Crippen LogP contribution in [0.4, 0.5) is 36.4 Å². The van der Waals surface area contributed by atoms with E-state index in [0.717, 1.165) is 12.1 Å². The first-order chi connectivity index (χ1) is 10.2. The molecule has 0 saturated heterocycles. The molecule has 2 nitrogen and oxygen atoms in total. The molecule has 2 aromatic rings. The Morgan fingerprint density at radius 2 is 1.41 bits per heavy atom. The lowest BCUT2D eigenvalue weighted by Gasteiger charge is -2.13. The van der Waals surface area contributed by atoms with Gasteiger partial charge in [-0.05, 0) is 17.7 Å². The van der Waals surface area contributed by atoms with Crippen LogP contribution in [0.2, 0.25) is 0 Å². The highest BCUT2D eigenvalue weighted by Gasteiger charge is 2.32. The number of nitrogens with two attached hydrogens (primary N) is 1. The molecule has 0 fully saturated rings. The lowest BCUT2D eigenvalue weighted by molar-refractivity contribution is -0.137. The number of benzene rings is 2. The summed E-state index contributed by atoms with van der Waals surface area (Å²) in [5, 5.41) is 0. The van der Waals surface area contributed by atoms with E-state index in [1.807, 2.05) is 0 Å². The van der Waals surface area contributed by atoms with Gasteiger partial charge in [0.05, 0.1) is 11.1 Å². The number of rotatable bonds is 2. The van der Waals surface area contributed by atoms with E-state index in [1.165, 1.54) is 5.43 Å². The van der Waals surface area contributed by atoms with Crippen LogP contribution in [0, 0.1) is 23.3 Å². The van der Waals surface area contributed by atoms with E-state index in [9.17, 15) is 30.7 Å². The molecule has 0 bridgehead atoms. The van der Waals surface area contributed by atoms with Crippen LogP contribution in [-0.2, 0) is 6.18 Å². The average molecular weight is 324 g/mol. The Morgan fingerprint density at radius 3 is 1.86 bits per heavy atom. The molecule has 118 valence electrons. The number of halogens is 7. The lowest BCUT2D eigenvalue weighted by atomic mass is 10.0. The first-order valence-corrected chi connectivity index (χ1v) is 5.68. The predicted molar refractivity (Wildman–Crippen MR) is 64.5 cm³/mol. The summed E-state index contributed by atoms with van der Waals surface area (Å²) in [6, 6.07) is 2.80. The summed E-state index contributed by atoms with van der Waals surface area (Å²) < 4.78 is 92.6. The average Bonchev–Trinajstić information content (AvgIpc) is 2.46. The zero-order valence-corrected chi connectivity index (χ0v) is 10.5. The molecule has 0 spiro atoms. The van der Waals surface area contributed by atoms with Crippen LogP contribution < -0.4 is 11.3 Å². The number of hydrazine groups is 1. The van der Waals surface area contributed by atoms with Crippen molar-refractivity contribution in [3.63, 3.8) is 0 Å². The fourth-order valence-electron chi connectivity index (χ4n) is 1.86. The largest absolute Gasteiger partial charge is 0.416 e. The van der Waals surface area contributed by atoms with Crippen molar-refractivity contribution in [1.82, 2.24) is 0 Å². The summed E-state index contributed by atoms with van der Waals surface area (Å²) in [5.41, 5.74) is -2.94. The van der Waals surface area contributed by atoms with Crippen molar-refractivity contribution in [2.45, 2.75) is 6.18 Å². The Hall–Kier alpha value is -2.29. The van der Waals surface area contributed by atoms with Crippen LogP contribution in [0.25, 0.3) is 11.1 Å². The van der Waals surface area contributed by atoms with Crippen LogP contribution in [0.1, 0.15) is 5.56 Å². The second-order valence-corrected chi connectivity index (χ2v) is 4.23. The van der Waals surface area contributed by atoms with Crippen LogP contribution >= 0.6 is 0 Å². The van der Waals surface area contributed by atoms with Gasteiger partial charge >= 0.3 is 6.18 Å². The van der Waals surface area contributed by atoms with E-state index in [-0.39, 0.29) is 0 Å². The Kier molecular flexibility index (Phi) is 4.01. The second-order valence-electron chi connectivity index (χ2n) is 4.23. The number of hydrogen-bond acceptors (Lipinski definition) is 2. The molecule has 0 amide bonds. The van der Waals surface area contributed by atoms with Gasteiger partial charge < -0.3 is 5.43 Å². The summed E-state index contributed by atoms with van der Waals surface area (Å²) in [7, 11) is 0. The Bertz CT molecular complexity index is 696. The Morgan fingerprint density at radius 1 is 0.864 bits per heavy atom. The summed E-state index contributed by atoms with van der Waals surface area (Å²) in [5.74, 6) is -2.64. The molecule has 0 aliphatic rings. The quantitative estimate of drug-likeness (QED) is 0.376. The number of nitrogen functional groups attached to an aromatic ring is 1. The molecule has 0 heterocycles. The van der Waals surface area contributed by atoms with Gasteiger partial charge in [-0.15, -0.1) is 0 Å². The van der Waals surface area contributed by atoms with Gasteiger partial charge in [0, 0.05) is 0 Å². The SMILES string of the molecule is NNc1c(F)c(F)c(-c2cccc(C(F)(F)F)c2)c(F)c1F. The van der Waals surface area contributed by atoms with E-state index in [0.29, 0.717) is 12.1 Å². The molecular weight excluding hydrogens is 317 g/mol. The van der Waals surface area contributed by atoms with E-state index in [1.54, 1.807) is 0 Å². The van der Waals surface area contributed by atoms with Gasteiger partial charge in [0.1, 0.15) is 5.69 Å². The van der Waals surface area contributed by atoms with Gasteiger partial charge in [-0.3, -0.25) is 5.84 Å². The maximum absolute atomic E-state index is 13.8. The van der Waals surface area contributed by atoms with Gasteiger partial charge in [-0.1, -0.05) is 12.1 Å². The fraction of sp³-hybridized carbons (Fsp3) is 0.0769. The van der Waals surface area contributed by atoms with E-state index in [2.05, 4.69) is 0 Å². The van der Waals surface area contributed by atoms with Crippen LogP contribution in [0.3, 0.4) is 0 Å². The molecule has 0 atom stereocenters. The first kappa shape index (κ1) is 16.1. The molecule has 9 heteroatoms. The van der Waals surface area contributed by atoms with Crippen LogP contribution in [-0.4, -0.2) is 0 Å². The molecule has 0 radical (unpaired) electrons. The number of anilines is 1. The second kappa shape index (κ2) is 5.48. The van der Waals surface area contributed by atoms with E-state index >= 15 is 0 Å². The fourth-order valence-corrected chi connectivity index (χ4v) is 1.86. The Labute approximate surface area is 119 Å². The molecule has 2 aromatic carbocycles. The third kappa shape index (κ3) is 2.59. The van der Waals surface area contributed by atoms with Crippen molar-refractivity contribution in [3.05, 3.63) is 53.1 Å². The molecule has 2 rings (SSSR count). The number of hydrogen-bond donors (Lipinski definition) is 2. The summed E-state index contributed by atoms with van der Waals surface area (Å²) in [4.78, 5) is 0. The smallest absolute Gasteiger partial charge is 0.319 e. The number of nitrogens with one attached hydrogen (secondary N) is 1. The molecule has 0 aliphatic heterocycles. The zero-order chi connectivity index (χ0) is 16.7. The van der Waals surface area contributed by atoms with Gasteiger partial charge in [0.2, 0.25) is 0 Å². The molecule has 0 aromatic heterocycles. The van der Waals surface area contributed by atoms with E-state index < -0.39 is 51.8 Å². The van der Waals surface area contributed by atoms with Crippen molar-refractivity contribution >= 4 is 5.69 Å². The molecule has 0 unspecified atom stereocenters. The third-order valence-electron chi connectivity index (χ3n) is 2.89. The van der Waals surface area contributed by atoms with Crippen molar-refractivity contribution < 1.29 is 30.7 Å². The van der Waals surface area contributed by atoms with Crippen molar-refractivity contribution in [2.75, 3.05) is 5.43 Å². The van der Waals surface area contributed by atoms with E-state index in [4.69, 9.17) is 5.84 Å². The van der Waals surface area contributed by atoms with Gasteiger partial charge in [0.15, 0.2) is 23.3 Å². The van der Waals surface area contributed by atoms with Crippen LogP contribution in [0.15, 0.2) is 24.3 Å². The monoisotopic (exact) mass is 324 g/mol. The van der Waals surface area contributed by atoms with Crippen LogP contribution in [0.5, 0.6) is 0 Å². The van der Waals surface area contributed by atoms with Crippen molar-refractivity contribution in [1.29, 1.82) is 0 Å². The van der Waals surface area contributed by atoms with Gasteiger partial charge in [0.25, 0.3) is 0 Å². The minimum atomic E-state index is -4.78. The zero-order valence-electron chi connectivity index (χ0n) is 10.5. The highest BCUT2D eigenvalue weighted by atomic mass is 19.4. The highest BCUT2D eigenvalue weighted by molar-refractivity contribution is 5.69. The van der Waals surface area contributed by atoms with Crippen molar-refractivity contribution in [2.24, 2.45) is 5.84 Å². The topological polar surface area (TPSA) is 38.0 Å². The molecule has 0 aliphatic carbocycles. The molecule has 22 heavy (non-hydrogen) atoms. The highest BCUT2D eigenvalue weighted by Crippen LogP contribution is 2.37. The predicted octanol–water partition coefficient (Wildman–Crippen LogP) is 4.21. The standard InChI is InChI=1S/C13H7F7N2/c14-8-7(9(15)11(17)12(22-21)10(8)16)5-2-1-3-6(4-5)13(18,19)20/h1-4,22H,21H2. The normalized spacial score (nSPS) is 11.6.